The predicted octanol–water partition coefficient (Wildman–Crippen LogP) is 3.63. The first kappa shape index (κ1) is 15.9. The van der Waals surface area contributed by atoms with Crippen LogP contribution in [0, 0.1) is 11.8 Å². The smallest absolute Gasteiger partial charge is 0.0541 e. The Bertz CT molecular complexity index is 146. The molecule has 0 amide bonds. The third kappa shape index (κ3) is 8.12. The van der Waals surface area contributed by atoms with Crippen molar-refractivity contribution in [2.45, 2.75) is 65.9 Å². The first-order valence-electron chi connectivity index (χ1n) is 6.87. The Balaban J connectivity index is 3.38. The molecule has 98 valence electrons. The highest BCUT2D eigenvalue weighted by Crippen LogP contribution is 2.15. The minimum atomic E-state index is -0.124. The number of aliphatic hydroxyl groups is 1. The third-order valence-corrected chi connectivity index (χ3v) is 3.25. The first-order valence-corrected chi connectivity index (χ1v) is 6.87. The van der Waals surface area contributed by atoms with Gasteiger partial charge in [-0.15, -0.1) is 0 Å². The lowest BCUT2D eigenvalue weighted by atomic mass is 9.94. The molecule has 0 saturated heterocycles. The van der Waals surface area contributed by atoms with E-state index in [-0.39, 0.29) is 6.10 Å². The summed E-state index contributed by atoms with van der Waals surface area (Å²) in [6.45, 7) is 10.5. The van der Waals surface area contributed by atoms with Crippen molar-refractivity contribution in [2.24, 2.45) is 11.8 Å². The first-order chi connectivity index (χ1) is 7.61. The summed E-state index contributed by atoms with van der Waals surface area (Å²) >= 11 is 0. The van der Waals surface area contributed by atoms with Gasteiger partial charge in [0, 0.05) is 13.2 Å². The highest BCUT2D eigenvalue weighted by molar-refractivity contribution is 4.60. The molecule has 0 rings (SSSR count). The molecule has 0 bridgehead atoms. The fourth-order valence-corrected chi connectivity index (χ4v) is 1.91. The van der Waals surface area contributed by atoms with E-state index in [1.165, 1.54) is 6.42 Å². The lowest BCUT2D eigenvalue weighted by molar-refractivity contribution is 0.0677. The van der Waals surface area contributed by atoms with Crippen molar-refractivity contribution >= 4 is 0 Å². The molecule has 2 atom stereocenters. The van der Waals surface area contributed by atoms with Crippen molar-refractivity contribution in [2.75, 3.05) is 13.2 Å². The van der Waals surface area contributed by atoms with Gasteiger partial charge in [0.05, 0.1) is 6.10 Å². The fraction of sp³-hybridized carbons (Fsp3) is 1.00. The highest BCUT2D eigenvalue weighted by Gasteiger charge is 2.10. The van der Waals surface area contributed by atoms with Gasteiger partial charge >= 0.3 is 0 Å². The molecular formula is C14H30O2. The second kappa shape index (κ2) is 10.1. The number of aliphatic hydroxyl groups excluding tert-OH is 1. The summed E-state index contributed by atoms with van der Waals surface area (Å²) < 4.78 is 5.67. The zero-order chi connectivity index (χ0) is 12.4. The van der Waals surface area contributed by atoms with Crippen LogP contribution in [-0.4, -0.2) is 24.4 Å². The van der Waals surface area contributed by atoms with Crippen molar-refractivity contribution in [1.82, 2.24) is 0 Å². The summed E-state index contributed by atoms with van der Waals surface area (Å²) in [4.78, 5) is 0. The molecule has 0 fully saturated rings. The second-order valence-electron chi connectivity index (χ2n) is 5.07. The quantitative estimate of drug-likeness (QED) is 0.581. The molecule has 0 heterocycles. The van der Waals surface area contributed by atoms with E-state index in [4.69, 9.17) is 4.74 Å². The topological polar surface area (TPSA) is 29.5 Å². The van der Waals surface area contributed by atoms with Crippen LogP contribution in [0.5, 0.6) is 0 Å². The van der Waals surface area contributed by atoms with Crippen molar-refractivity contribution in [1.29, 1.82) is 0 Å². The van der Waals surface area contributed by atoms with Gasteiger partial charge in [-0.1, -0.05) is 40.5 Å². The molecule has 0 aliphatic rings. The van der Waals surface area contributed by atoms with E-state index in [9.17, 15) is 5.11 Å². The van der Waals surface area contributed by atoms with E-state index in [0.717, 1.165) is 38.9 Å². The van der Waals surface area contributed by atoms with Crippen molar-refractivity contribution in [3.8, 4) is 0 Å². The zero-order valence-electron chi connectivity index (χ0n) is 11.5. The predicted molar refractivity (Wildman–Crippen MR) is 69.6 cm³/mol. The van der Waals surface area contributed by atoms with E-state index >= 15 is 0 Å². The van der Waals surface area contributed by atoms with E-state index in [1.54, 1.807) is 0 Å². The van der Waals surface area contributed by atoms with Crippen molar-refractivity contribution in [3.05, 3.63) is 0 Å². The summed E-state index contributed by atoms with van der Waals surface area (Å²) in [5, 5.41) is 9.54. The van der Waals surface area contributed by atoms with Crippen LogP contribution in [0.4, 0.5) is 0 Å². The normalized spacial score (nSPS) is 15.4. The summed E-state index contributed by atoms with van der Waals surface area (Å²) in [5.41, 5.74) is 0. The summed E-state index contributed by atoms with van der Waals surface area (Å²) in [6, 6.07) is 0. The van der Waals surface area contributed by atoms with E-state index in [1.807, 2.05) is 0 Å². The molecule has 0 aliphatic carbocycles. The Morgan fingerprint density at radius 1 is 1.12 bits per heavy atom. The molecule has 0 aliphatic heterocycles. The van der Waals surface area contributed by atoms with Gasteiger partial charge in [0.15, 0.2) is 0 Å². The Kier molecular flexibility index (Phi) is 10.0. The summed E-state index contributed by atoms with van der Waals surface area (Å²) in [7, 11) is 0. The van der Waals surface area contributed by atoms with Crippen LogP contribution in [0.15, 0.2) is 0 Å². The lowest BCUT2D eigenvalue weighted by Gasteiger charge is -2.19. The number of rotatable bonds is 10. The van der Waals surface area contributed by atoms with Gasteiger partial charge in [-0.2, -0.15) is 0 Å². The van der Waals surface area contributed by atoms with Gasteiger partial charge in [0.2, 0.25) is 0 Å². The van der Waals surface area contributed by atoms with Gasteiger partial charge < -0.3 is 9.84 Å². The van der Waals surface area contributed by atoms with E-state index in [2.05, 4.69) is 27.7 Å². The van der Waals surface area contributed by atoms with Crippen LogP contribution in [0.3, 0.4) is 0 Å². The average Bonchev–Trinajstić information content (AvgIpc) is 2.23. The Morgan fingerprint density at radius 3 is 2.31 bits per heavy atom. The lowest BCUT2D eigenvalue weighted by Crippen LogP contribution is -2.16. The molecule has 2 nitrogen and oxygen atoms in total. The van der Waals surface area contributed by atoms with Gasteiger partial charge in [0.25, 0.3) is 0 Å². The molecular weight excluding hydrogens is 200 g/mol. The van der Waals surface area contributed by atoms with Crippen molar-refractivity contribution in [3.63, 3.8) is 0 Å². The maximum atomic E-state index is 9.54. The van der Waals surface area contributed by atoms with Crippen LogP contribution in [0.25, 0.3) is 0 Å². The molecule has 0 spiro atoms. The highest BCUT2D eigenvalue weighted by atomic mass is 16.5. The van der Waals surface area contributed by atoms with E-state index in [0.29, 0.717) is 11.8 Å². The molecule has 0 aromatic heterocycles. The molecule has 2 heteroatoms. The maximum absolute atomic E-state index is 9.54. The van der Waals surface area contributed by atoms with Gasteiger partial charge in [-0.25, -0.2) is 0 Å². The van der Waals surface area contributed by atoms with Crippen molar-refractivity contribution < 1.29 is 9.84 Å². The summed E-state index contributed by atoms with van der Waals surface area (Å²) in [6.07, 6.45) is 4.91. The Hall–Kier alpha value is -0.0800. The monoisotopic (exact) mass is 230 g/mol. The van der Waals surface area contributed by atoms with Crippen LogP contribution in [0.1, 0.15) is 59.8 Å². The molecule has 0 radical (unpaired) electrons. The van der Waals surface area contributed by atoms with Gasteiger partial charge in [-0.05, 0) is 31.1 Å². The number of ether oxygens (including phenoxy) is 1. The zero-order valence-corrected chi connectivity index (χ0v) is 11.5. The third-order valence-electron chi connectivity index (χ3n) is 3.25. The number of hydrogen-bond acceptors (Lipinski definition) is 2. The van der Waals surface area contributed by atoms with Gasteiger partial charge in [0.1, 0.15) is 0 Å². The molecule has 2 unspecified atom stereocenters. The van der Waals surface area contributed by atoms with E-state index < -0.39 is 0 Å². The average molecular weight is 230 g/mol. The van der Waals surface area contributed by atoms with Crippen LogP contribution in [-0.2, 0) is 4.74 Å². The fourth-order valence-electron chi connectivity index (χ4n) is 1.91. The maximum Gasteiger partial charge on any atom is 0.0541 e. The molecule has 0 aromatic rings. The Labute approximate surface area is 101 Å². The standard InChI is InChI=1S/C14H30O2/c1-5-8-14(15)9-7-10-16-11-13(6-2)12(3)4/h12-15H,5-11H2,1-4H3. The van der Waals surface area contributed by atoms with Gasteiger partial charge in [-0.3, -0.25) is 0 Å². The minimum Gasteiger partial charge on any atom is -0.393 e. The van der Waals surface area contributed by atoms with Crippen LogP contribution < -0.4 is 0 Å². The SMILES string of the molecule is CCCC(O)CCCOCC(CC)C(C)C. The number of hydrogen-bond donors (Lipinski definition) is 1. The molecule has 1 N–H and O–H groups in total. The summed E-state index contributed by atoms with van der Waals surface area (Å²) in [5.74, 6) is 1.39. The van der Waals surface area contributed by atoms with Crippen LogP contribution >= 0.6 is 0 Å². The Morgan fingerprint density at radius 2 is 1.81 bits per heavy atom. The largest absolute Gasteiger partial charge is 0.393 e. The second-order valence-corrected chi connectivity index (χ2v) is 5.07. The molecule has 0 saturated carbocycles. The molecule has 0 aromatic carbocycles. The van der Waals surface area contributed by atoms with Crippen LogP contribution in [0.2, 0.25) is 0 Å². The molecule has 16 heavy (non-hydrogen) atoms. The minimum absolute atomic E-state index is 0.124.